The van der Waals surface area contributed by atoms with Gasteiger partial charge < -0.3 is 14.8 Å². The predicted molar refractivity (Wildman–Crippen MR) is 125 cm³/mol. The zero-order chi connectivity index (χ0) is 21.8. The van der Waals surface area contributed by atoms with Crippen LogP contribution in [-0.2, 0) is 11.3 Å². The zero-order valence-electron chi connectivity index (χ0n) is 18.7. The van der Waals surface area contributed by atoms with E-state index in [-0.39, 0.29) is 11.9 Å². The summed E-state index contributed by atoms with van der Waals surface area (Å²) in [5, 5.41) is 3.08. The van der Waals surface area contributed by atoms with E-state index in [1.807, 2.05) is 18.2 Å². The van der Waals surface area contributed by atoms with Crippen molar-refractivity contribution in [3.63, 3.8) is 0 Å². The summed E-state index contributed by atoms with van der Waals surface area (Å²) in [4.78, 5) is 17.5. The molecule has 0 radical (unpaired) electrons. The van der Waals surface area contributed by atoms with E-state index in [4.69, 9.17) is 9.47 Å². The summed E-state index contributed by atoms with van der Waals surface area (Å²) < 4.78 is 11.6. The average molecular weight is 436 g/mol. The van der Waals surface area contributed by atoms with E-state index in [1.54, 1.807) is 0 Å². The summed E-state index contributed by atoms with van der Waals surface area (Å²) in [5.74, 6) is 1.69. The fraction of sp³-hybridized carbons (Fsp3) is 0.500. The van der Waals surface area contributed by atoms with Crippen molar-refractivity contribution < 1.29 is 14.3 Å². The van der Waals surface area contributed by atoms with E-state index in [0.717, 1.165) is 49.5 Å². The number of likely N-dealkylation sites (tertiary alicyclic amines) is 2. The molecule has 0 spiro atoms. The number of carbonyl (C=O) groups excluding carboxylic acids is 1. The monoisotopic (exact) mass is 435 g/mol. The Morgan fingerprint density at radius 2 is 1.69 bits per heavy atom. The highest BCUT2D eigenvalue weighted by Gasteiger charge is 2.28. The van der Waals surface area contributed by atoms with Crippen molar-refractivity contribution in [3.05, 3.63) is 53.6 Å². The molecular formula is C26H33N3O3. The van der Waals surface area contributed by atoms with Gasteiger partial charge in [0.25, 0.3) is 0 Å². The second kappa shape index (κ2) is 9.92. The van der Waals surface area contributed by atoms with Crippen molar-refractivity contribution >= 4 is 11.6 Å². The largest absolute Gasteiger partial charge is 0.490 e. The highest BCUT2D eigenvalue weighted by Crippen LogP contribution is 2.37. The predicted octanol–water partition coefficient (Wildman–Crippen LogP) is 4.22. The van der Waals surface area contributed by atoms with Gasteiger partial charge in [-0.3, -0.25) is 14.6 Å². The molecular weight excluding hydrogens is 402 g/mol. The standard InChI is InChI=1S/C26H33N3O3/c30-26(27-22-9-6-20(7-10-22)18-28-12-1-2-13-28)19-29-14-3-5-23(29)21-8-11-24-25(17-21)32-16-4-15-31-24/h6-11,17,23H,1-5,12-16,18-19H2,(H,27,30). The van der Waals surface area contributed by atoms with Gasteiger partial charge in [0.1, 0.15) is 0 Å². The molecule has 1 amide bonds. The second-order valence-electron chi connectivity index (χ2n) is 9.11. The lowest BCUT2D eigenvalue weighted by Crippen LogP contribution is -2.33. The highest BCUT2D eigenvalue weighted by molar-refractivity contribution is 5.92. The third-order valence-corrected chi connectivity index (χ3v) is 6.71. The Morgan fingerprint density at radius 1 is 0.906 bits per heavy atom. The number of anilines is 1. The third kappa shape index (κ3) is 5.08. The molecule has 2 aromatic carbocycles. The molecule has 2 aromatic rings. The Morgan fingerprint density at radius 3 is 2.50 bits per heavy atom. The maximum atomic E-state index is 12.8. The first-order valence-electron chi connectivity index (χ1n) is 12.0. The molecule has 2 saturated heterocycles. The van der Waals surface area contributed by atoms with Gasteiger partial charge in [-0.25, -0.2) is 0 Å². The normalized spacial score (nSPS) is 21.4. The molecule has 6 heteroatoms. The first-order chi connectivity index (χ1) is 15.7. The van der Waals surface area contributed by atoms with E-state index < -0.39 is 0 Å². The van der Waals surface area contributed by atoms with Crippen LogP contribution in [0.1, 0.15) is 49.3 Å². The lowest BCUT2D eigenvalue weighted by Gasteiger charge is -2.25. The quantitative estimate of drug-likeness (QED) is 0.736. The molecule has 3 aliphatic heterocycles. The lowest BCUT2D eigenvalue weighted by molar-refractivity contribution is -0.117. The fourth-order valence-electron chi connectivity index (χ4n) is 5.06. The van der Waals surface area contributed by atoms with Crippen LogP contribution in [-0.4, -0.2) is 55.1 Å². The van der Waals surface area contributed by atoms with Crippen LogP contribution in [0.15, 0.2) is 42.5 Å². The summed E-state index contributed by atoms with van der Waals surface area (Å²) in [6, 6.07) is 14.8. The van der Waals surface area contributed by atoms with Gasteiger partial charge in [-0.15, -0.1) is 0 Å². The van der Waals surface area contributed by atoms with Crippen LogP contribution in [0.4, 0.5) is 5.69 Å². The molecule has 0 saturated carbocycles. The van der Waals surface area contributed by atoms with Gasteiger partial charge in [0, 0.05) is 24.7 Å². The molecule has 1 unspecified atom stereocenters. The minimum Gasteiger partial charge on any atom is -0.490 e. The zero-order valence-corrected chi connectivity index (χ0v) is 18.7. The molecule has 0 bridgehead atoms. The fourth-order valence-corrected chi connectivity index (χ4v) is 5.06. The van der Waals surface area contributed by atoms with Gasteiger partial charge >= 0.3 is 0 Å². The Labute approximate surface area is 190 Å². The Kier molecular flexibility index (Phi) is 6.60. The van der Waals surface area contributed by atoms with Crippen molar-refractivity contribution in [2.45, 2.75) is 44.7 Å². The van der Waals surface area contributed by atoms with Crippen LogP contribution in [0.5, 0.6) is 11.5 Å². The average Bonchev–Trinajstić information content (AvgIpc) is 3.42. The lowest BCUT2D eigenvalue weighted by atomic mass is 10.0. The van der Waals surface area contributed by atoms with Crippen molar-refractivity contribution in [3.8, 4) is 11.5 Å². The van der Waals surface area contributed by atoms with Gasteiger partial charge in [0.2, 0.25) is 5.91 Å². The van der Waals surface area contributed by atoms with Crippen molar-refractivity contribution in [2.75, 3.05) is 44.7 Å². The number of carbonyl (C=O) groups is 1. The minimum absolute atomic E-state index is 0.0403. The molecule has 0 aliphatic carbocycles. The molecule has 170 valence electrons. The minimum atomic E-state index is 0.0403. The Balaban J connectivity index is 1.18. The molecule has 0 aromatic heterocycles. The number of ether oxygens (including phenoxy) is 2. The van der Waals surface area contributed by atoms with Gasteiger partial charge in [-0.2, -0.15) is 0 Å². The SMILES string of the molecule is O=C(CN1CCCC1c1ccc2c(c1)OCCCO2)Nc1ccc(CN2CCCC2)cc1. The van der Waals surface area contributed by atoms with Crippen molar-refractivity contribution in [1.29, 1.82) is 0 Å². The number of fused-ring (bicyclic) bond motifs is 1. The molecule has 32 heavy (non-hydrogen) atoms. The topological polar surface area (TPSA) is 54.0 Å². The van der Waals surface area contributed by atoms with Gasteiger partial charge in [-0.1, -0.05) is 18.2 Å². The summed E-state index contributed by atoms with van der Waals surface area (Å²) in [5.41, 5.74) is 3.37. The Bertz CT molecular complexity index is 924. The molecule has 5 rings (SSSR count). The van der Waals surface area contributed by atoms with Crippen LogP contribution in [0.2, 0.25) is 0 Å². The molecule has 3 aliphatic rings. The number of hydrogen-bond donors (Lipinski definition) is 1. The molecule has 1 atom stereocenters. The molecule has 6 nitrogen and oxygen atoms in total. The van der Waals surface area contributed by atoms with Crippen LogP contribution < -0.4 is 14.8 Å². The highest BCUT2D eigenvalue weighted by atomic mass is 16.5. The number of amides is 1. The summed E-state index contributed by atoms with van der Waals surface area (Å²) in [7, 11) is 0. The van der Waals surface area contributed by atoms with Crippen LogP contribution >= 0.6 is 0 Å². The van der Waals surface area contributed by atoms with Crippen molar-refractivity contribution in [2.24, 2.45) is 0 Å². The van der Waals surface area contributed by atoms with E-state index in [0.29, 0.717) is 19.8 Å². The van der Waals surface area contributed by atoms with Gasteiger partial charge in [0.15, 0.2) is 11.5 Å². The molecule has 1 N–H and O–H groups in total. The summed E-state index contributed by atoms with van der Waals surface area (Å²) in [6.45, 7) is 6.10. The number of rotatable bonds is 6. The van der Waals surface area contributed by atoms with E-state index in [2.05, 4.69) is 39.4 Å². The van der Waals surface area contributed by atoms with Gasteiger partial charge in [-0.05, 0) is 80.7 Å². The number of nitrogens with one attached hydrogen (secondary N) is 1. The summed E-state index contributed by atoms with van der Waals surface area (Å²) in [6.07, 6.45) is 5.66. The third-order valence-electron chi connectivity index (χ3n) is 6.71. The first kappa shape index (κ1) is 21.3. The smallest absolute Gasteiger partial charge is 0.238 e. The van der Waals surface area contributed by atoms with E-state index in [9.17, 15) is 4.79 Å². The van der Waals surface area contributed by atoms with Gasteiger partial charge in [0.05, 0.1) is 19.8 Å². The van der Waals surface area contributed by atoms with Crippen LogP contribution in [0.3, 0.4) is 0 Å². The summed E-state index contributed by atoms with van der Waals surface area (Å²) >= 11 is 0. The first-order valence-corrected chi connectivity index (χ1v) is 12.0. The van der Waals surface area contributed by atoms with Crippen molar-refractivity contribution in [1.82, 2.24) is 9.80 Å². The number of benzene rings is 2. The van der Waals surface area contributed by atoms with E-state index >= 15 is 0 Å². The second-order valence-corrected chi connectivity index (χ2v) is 9.11. The number of hydrogen-bond acceptors (Lipinski definition) is 5. The molecule has 3 heterocycles. The van der Waals surface area contributed by atoms with Crippen LogP contribution in [0.25, 0.3) is 0 Å². The molecule has 2 fully saturated rings. The van der Waals surface area contributed by atoms with E-state index in [1.165, 1.54) is 37.1 Å². The maximum Gasteiger partial charge on any atom is 0.238 e. The maximum absolute atomic E-state index is 12.8. The van der Waals surface area contributed by atoms with Crippen LogP contribution in [0, 0.1) is 0 Å². The Hall–Kier alpha value is -2.57. The number of nitrogens with zero attached hydrogens (tertiary/aromatic N) is 2.